The summed E-state index contributed by atoms with van der Waals surface area (Å²) in [7, 11) is 0. The van der Waals surface area contributed by atoms with Gasteiger partial charge in [-0.05, 0) is 32.0 Å². The third kappa shape index (κ3) is 2.39. The van der Waals surface area contributed by atoms with Crippen LogP contribution in [0.4, 0.5) is 0 Å². The molecular formula is C15H17N3O2. The summed E-state index contributed by atoms with van der Waals surface area (Å²) < 4.78 is 12.9. The Balaban J connectivity index is 1.97. The molecule has 0 spiro atoms. The van der Waals surface area contributed by atoms with Crippen LogP contribution < -0.4 is 4.74 Å². The SMILES string of the molecule is Cc1nc(Cn2ccc3c(OC(C)C)cccc32)no1. The highest BCUT2D eigenvalue weighted by Gasteiger charge is 2.10. The van der Waals surface area contributed by atoms with E-state index in [1.807, 2.05) is 32.2 Å². The van der Waals surface area contributed by atoms with Gasteiger partial charge in [0.05, 0.1) is 18.2 Å². The van der Waals surface area contributed by atoms with Gasteiger partial charge < -0.3 is 13.8 Å². The van der Waals surface area contributed by atoms with Crippen LogP contribution in [0.1, 0.15) is 25.6 Å². The highest BCUT2D eigenvalue weighted by molar-refractivity contribution is 5.86. The molecule has 2 aromatic heterocycles. The van der Waals surface area contributed by atoms with Crippen LogP contribution in [0.2, 0.25) is 0 Å². The maximum Gasteiger partial charge on any atom is 0.223 e. The van der Waals surface area contributed by atoms with Gasteiger partial charge in [-0.2, -0.15) is 4.98 Å². The zero-order chi connectivity index (χ0) is 14.1. The predicted octanol–water partition coefficient (Wildman–Crippen LogP) is 3.17. The monoisotopic (exact) mass is 271 g/mol. The van der Waals surface area contributed by atoms with E-state index in [0.717, 1.165) is 16.7 Å². The molecule has 0 aliphatic rings. The van der Waals surface area contributed by atoms with E-state index in [1.54, 1.807) is 6.92 Å². The molecule has 5 heteroatoms. The minimum absolute atomic E-state index is 0.156. The van der Waals surface area contributed by atoms with Gasteiger partial charge in [0.1, 0.15) is 5.75 Å². The minimum Gasteiger partial charge on any atom is -0.490 e. The van der Waals surface area contributed by atoms with Crippen LogP contribution in [0.25, 0.3) is 10.9 Å². The number of ether oxygens (including phenoxy) is 1. The second-order valence-corrected chi connectivity index (χ2v) is 5.03. The number of benzene rings is 1. The summed E-state index contributed by atoms with van der Waals surface area (Å²) >= 11 is 0. The lowest BCUT2D eigenvalue weighted by molar-refractivity contribution is 0.245. The summed E-state index contributed by atoms with van der Waals surface area (Å²) in [4.78, 5) is 4.23. The van der Waals surface area contributed by atoms with Crippen molar-refractivity contribution in [2.45, 2.75) is 33.4 Å². The normalized spacial score (nSPS) is 11.4. The first-order valence-electron chi connectivity index (χ1n) is 6.67. The Morgan fingerprint density at radius 2 is 2.15 bits per heavy atom. The summed E-state index contributed by atoms with van der Waals surface area (Å²) in [6.07, 6.45) is 2.17. The fourth-order valence-electron chi connectivity index (χ4n) is 2.25. The molecule has 0 bridgehead atoms. The molecule has 0 aliphatic heterocycles. The fraction of sp³-hybridized carbons (Fsp3) is 0.333. The topological polar surface area (TPSA) is 53.1 Å². The molecule has 20 heavy (non-hydrogen) atoms. The van der Waals surface area contributed by atoms with Gasteiger partial charge in [0, 0.05) is 18.5 Å². The molecule has 0 saturated heterocycles. The van der Waals surface area contributed by atoms with Crippen molar-refractivity contribution in [1.29, 1.82) is 0 Å². The van der Waals surface area contributed by atoms with E-state index < -0.39 is 0 Å². The van der Waals surface area contributed by atoms with Gasteiger partial charge in [0.25, 0.3) is 0 Å². The Hall–Kier alpha value is -2.30. The lowest BCUT2D eigenvalue weighted by Gasteiger charge is -2.11. The zero-order valence-corrected chi connectivity index (χ0v) is 11.8. The Morgan fingerprint density at radius 1 is 1.30 bits per heavy atom. The molecular weight excluding hydrogens is 254 g/mol. The molecule has 3 aromatic rings. The number of aryl methyl sites for hydroxylation is 1. The number of fused-ring (bicyclic) bond motifs is 1. The molecule has 5 nitrogen and oxygen atoms in total. The summed E-state index contributed by atoms with van der Waals surface area (Å²) in [5.74, 6) is 2.16. The van der Waals surface area contributed by atoms with Crippen molar-refractivity contribution in [2.75, 3.05) is 0 Å². The van der Waals surface area contributed by atoms with Crippen molar-refractivity contribution in [2.24, 2.45) is 0 Å². The first kappa shape index (κ1) is 12.7. The molecule has 1 aromatic carbocycles. The van der Waals surface area contributed by atoms with Crippen LogP contribution in [-0.2, 0) is 6.54 Å². The summed E-state index contributed by atoms with van der Waals surface area (Å²) in [6.45, 7) is 6.43. The van der Waals surface area contributed by atoms with E-state index in [4.69, 9.17) is 9.26 Å². The smallest absolute Gasteiger partial charge is 0.223 e. The molecule has 104 valence electrons. The fourth-order valence-corrected chi connectivity index (χ4v) is 2.25. The minimum atomic E-state index is 0.156. The summed E-state index contributed by atoms with van der Waals surface area (Å²) in [6, 6.07) is 8.11. The Labute approximate surface area is 117 Å². The first-order chi connectivity index (χ1) is 9.63. The van der Waals surface area contributed by atoms with Gasteiger partial charge in [0.2, 0.25) is 5.89 Å². The quantitative estimate of drug-likeness (QED) is 0.731. The predicted molar refractivity (Wildman–Crippen MR) is 75.8 cm³/mol. The Bertz CT molecular complexity index is 728. The zero-order valence-electron chi connectivity index (χ0n) is 11.8. The van der Waals surface area contributed by atoms with E-state index in [0.29, 0.717) is 18.3 Å². The van der Waals surface area contributed by atoms with Gasteiger partial charge in [0.15, 0.2) is 5.82 Å². The van der Waals surface area contributed by atoms with Gasteiger partial charge >= 0.3 is 0 Å². The average molecular weight is 271 g/mol. The van der Waals surface area contributed by atoms with E-state index in [-0.39, 0.29) is 6.10 Å². The summed E-state index contributed by atoms with van der Waals surface area (Å²) in [5, 5.41) is 5.03. The highest BCUT2D eigenvalue weighted by Crippen LogP contribution is 2.27. The number of rotatable bonds is 4. The van der Waals surface area contributed by atoms with Crippen molar-refractivity contribution in [3.63, 3.8) is 0 Å². The van der Waals surface area contributed by atoms with Gasteiger partial charge in [-0.15, -0.1) is 0 Å². The van der Waals surface area contributed by atoms with Gasteiger partial charge in [-0.3, -0.25) is 0 Å². The molecule has 0 amide bonds. The highest BCUT2D eigenvalue weighted by atomic mass is 16.5. The number of nitrogens with zero attached hydrogens (tertiary/aromatic N) is 3. The first-order valence-corrected chi connectivity index (χ1v) is 6.67. The second-order valence-electron chi connectivity index (χ2n) is 5.03. The van der Waals surface area contributed by atoms with Gasteiger partial charge in [-0.1, -0.05) is 11.2 Å². The van der Waals surface area contributed by atoms with Crippen molar-refractivity contribution in [3.8, 4) is 5.75 Å². The molecule has 0 saturated carbocycles. The molecule has 0 N–H and O–H groups in total. The lowest BCUT2D eigenvalue weighted by atomic mass is 10.2. The number of hydrogen-bond acceptors (Lipinski definition) is 4. The van der Waals surface area contributed by atoms with Crippen molar-refractivity contribution in [1.82, 2.24) is 14.7 Å². The summed E-state index contributed by atoms with van der Waals surface area (Å²) in [5.41, 5.74) is 1.10. The van der Waals surface area contributed by atoms with Crippen LogP contribution in [-0.4, -0.2) is 20.8 Å². The lowest BCUT2D eigenvalue weighted by Crippen LogP contribution is -2.05. The number of aromatic nitrogens is 3. The molecule has 0 aliphatic carbocycles. The van der Waals surface area contributed by atoms with E-state index in [1.165, 1.54) is 0 Å². The van der Waals surface area contributed by atoms with Crippen LogP contribution in [0, 0.1) is 6.92 Å². The van der Waals surface area contributed by atoms with Crippen molar-refractivity contribution in [3.05, 3.63) is 42.2 Å². The molecule has 0 radical (unpaired) electrons. The second kappa shape index (κ2) is 5.00. The molecule has 0 fully saturated rings. The van der Waals surface area contributed by atoms with E-state index in [2.05, 4.69) is 26.8 Å². The largest absolute Gasteiger partial charge is 0.490 e. The third-order valence-electron chi connectivity index (χ3n) is 3.02. The molecule has 0 atom stereocenters. The Kier molecular flexibility index (Phi) is 3.18. The van der Waals surface area contributed by atoms with Crippen molar-refractivity contribution < 1.29 is 9.26 Å². The van der Waals surface area contributed by atoms with Crippen LogP contribution in [0.15, 0.2) is 35.0 Å². The average Bonchev–Trinajstić information content (AvgIpc) is 2.97. The molecule has 2 heterocycles. The molecule has 3 rings (SSSR count). The van der Waals surface area contributed by atoms with Crippen LogP contribution in [0.5, 0.6) is 5.75 Å². The van der Waals surface area contributed by atoms with E-state index >= 15 is 0 Å². The maximum atomic E-state index is 5.83. The van der Waals surface area contributed by atoms with Crippen LogP contribution >= 0.6 is 0 Å². The Morgan fingerprint density at radius 3 is 2.85 bits per heavy atom. The molecule has 0 unspecified atom stereocenters. The van der Waals surface area contributed by atoms with Gasteiger partial charge in [-0.25, -0.2) is 0 Å². The van der Waals surface area contributed by atoms with Crippen LogP contribution in [0.3, 0.4) is 0 Å². The standard InChI is InChI=1S/C15H17N3O2/c1-10(2)19-14-6-4-5-13-12(14)7-8-18(13)9-15-16-11(3)20-17-15/h4-8,10H,9H2,1-3H3. The van der Waals surface area contributed by atoms with Crippen molar-refractivity contribution >= 4 is 10.9 Å². The third-order valence-corrected chi connectivity index (χ3v) is 3.02. The number of hydrogen-bond donors (Lipinski definition) is 0. The maximum absolute atomic E-state index is 5.83. The van der Waals surface area contributed by atoms with E-state index in [9.17, 15) is 0 Å².